The van der Waals surface area contributed by atoms with Crippen molar-refractivity contribution in [3.8, 4) is 11.5 Å². The summed E-state index contributed by atoms with van der Waals surface area (Å²) >= 11 is 0. The fraction of sp³-hybridized carbons (Fsp3) is 0.476. The summed E-state index contributed by atoms with van der Waals surface area (Å²) in [5, 5.41) is 2.82. The number of nitrogens with one attached hydrogen (secondary N) is 1. The van der Waals surface area contributed by atoms with Crippen molar-refractivity contribution < 1.29 is 23.7 Å². The molecular weight excluding hydrogens is 360 g/mol. The first kappa shape index (κ1) is 23.7. The van der Waals surface area contributed by atoms with Crippen LogP contribution in [0.25, 0.3) is 0 Å². The minimum Gasteiger partial charge on any atom is -0.493 e. The van der Waals surface area contributed by atoms with Crippen molar-refractivity contribution in [2.24, 2.45) is 5.73 Å². The van der Waals surface area contributed by atoms with Crippen molar-refractivity contribution in [2.45, 2.75) is 12.8 Å². The van der Waals surface area contributed by atoms with E-state index in [0.717, 1.165) is 12.8 Å². The first-order chi connectivity index (χ1) is 13.7. The van der Waals surface area contributed by atoms with Crippen LogP contribution in [0.2, 0.25) is 0 Å². The zero-order valence-corrected chi connectivity index (χ0v) is 16.5. The van der Waals surface area contributed by atoms with Gasteiger partial charge in [-0.25, -0.2) is 0 Å². The first-order valence-electron chi connectivity index (χ1n) is 9.47. The Morgan fingerprint density at radius 1 is 0.893 bits per heavy atom. The smallest absolute Gasteiger partial charge is 0.251 e. The highest BCUT2D eigenvalue weighted by Gasteiger charge is 2.10. The molecule has 0 radical (unpaired) electrons. The van der Waals surface area contributed by atoms with Crippen LogP contribution in [0.1, 0.15) is 23.2 Å². The Morgan fingerprint density at radius 3 is 2.00 bits per heavy atom. The number of carbonyl (C=O) groups excluding carboxylic acids is 1. The SMILES string of the molecule is C=CCCOc1cc(OCCC=C)cc(C(=O)NCCOCCOCCN)c1. The molecule has 156 valence electrons. The van der Waals surface area contributed by atoms with Gasteiger partial charge in [-0.3, -0.25) is 4.79 Å². The third-order valence-corrected chi connectivity index (χ3v) is 3.49. The topological polar surface area (TPSA) is 92.0 Å². The van der Waals surface area contributed by atoms with Crippen LogP contribution < -0.4 is 20.5 Å². The van der Waals surface area contributed by atoms with Gasteiger partial charge in [0.2, 0.25) is 0 Å². The summed E-state index contributed by atoms with van der Waals surface area (Å²) in [7, 11) is 0. The van der Waals surface area contributed by atoms with Gasteiger partial charge in [0.15, 0.2) is 0 Å². The van der Waals surface area contributed by atoms with Crippen molar-refractivity contribution in [3.05, 3.63) is 49.1 Å². The fourth-order valence-electron chi connectivity index (χ4n) is 2.13. The predicted octanol–water partition coefficient (Wildman–Crippen LogP) is 2.32. The summed E-state index contributed by atoms with van der Waals surface area (Å²) in [5.41, 5.74) is 5.80. The van der Waals surface area contributed by atoms with Gasteiger partial charge in [-0.15, -0.1) is 13.2 Å². The van der Waals surface area contributed by atoms with Gasteiger partial charge in [-0.2, -0.15) is 0 Å². The zero-order chi connectivity index (χ0) is 20.5. The molecule has 7 nitrogen and oxygen atoms in total. The van der Waals surface area contributed by atoms with Gasteiger partial charge in [0.25, 0.3) is 5.91 Å². The number of hydrogen-bond acceptors (Lipinski definition) is 6. The van der Waals surface area contributed by atoms with Crippen LogP contribution in [-0.2, 0) is 9.47 Å². The highest BCUT2D eigenvalue weighted by molar-refractivity contribution is 5.95. The van der Waals surface area contributed by atoms with Crippen LogP contribution in [0.5, 0.6) is 11.5 Å². The molecule has 0 heterocycles. The van der Waals surface area contributed by atoms with Crippen LogP contribution in [0.3, 0.4) is 0 Å². The lowest BCUT2D eigenvalue weighted by molar-refractivity contribution is 0.0511. The van der Waals surface area contributed by atoms with E-state index in [-0.39, 0.29) is 5.91 Å². The number of amides is 1. The molecule has 0 saturated carbocycles. The second kappa shape index (κ2) is 15.7. The van der Waals surface area contributed by atoms with E-state index in [9.17, 15) is 4.79 Å². The fourth-order valence-corrected chi connectivity index (χ4v) is 2.13. The van der Waals surface area contributed by atoms with Crippen LogP contribution in [-0.4, -0.2) is 58.6 Å². The van der Waals surface area contributed by atoms with E-state index in [1.807, 2.05) is 0 Å². The summed E-state index contributed by atoms with van der Waals surface area (Å²) in [6, 6.07) is 5.16. The Kier molecular flexibility index (Phi) is 13.3. The van der Waals surface area contributed by atoms with E-state index >= 15 is 0 Å². The standard InChI is InChI=1S/C21H32N2O5/c1-3-5-9-27-19-15-18(16-20(17-19)28-10-6-4-2)21(24)23-8-12-26-14-13-25-11-7-22/h3-4,15-17H,1-2,5-14,22H2,(H,23,24). The van der Waals surface area contributed by atoms with E-state index in [2.05, 4.69) is 18.5 Å². The normalized spacial score (nSPS) is 10.3. The molecule has 0 aliphatic carbocycles. The van der Waals surface area contributed by atoms with E-state index in [1.54, 1.807) is 30.4 Å². The minimum atomic E-state index is -0.217. The lowest BCUT2D eigenvalue weighted by Crippen LogP contribution is -2.27. The maximum atomic E-state index is 12.4. The van der Waals surface area contributed by atoms with Crippen molar-refractivity contribution in [1.29, 1.82) is 0 Å². The molecule has 1 aromatic carbocycles. The lowest BCUT2D eigenvalue weighted by atomic mass is 10.2. The molecule has 28 heavy (non-hydrogen) atoms. The Morgan fingerprint density at radius 2 is 1.46 bits per heavy atom. The lowest BCUT2D eigenvalue weighted by Gasteiger charge is -2.12. The highest BCUT2D eigenvalue weighted by Crippen LogP contribution is 2.23. The summed E-state index contributed by atoms with van der Waals surface area (Å²) in [4.78, 5) is 12.4. The zero-order valence-electron chi connectivity index (χ0n) is 16.5. The molecular formula is C21H32N2O5. The molecule has 0 aliphatic rings. The van der Waals surface area contributed by atoms with Gasteiger partial charge < -0.3 is 30.0 Å². The number of rotatable bonds is 17. The molecule has 0 bridgehead atoms. The van der Waals surface area contributed by atoms with Gasteiger partial charge in [-0.05, 0) is 25.0 Å². The number of carbonyl (C=O) groups is 1. The van der Waals surface area contributed by atoms with Gasteiger partial charge in [0.1, 0.15) is 11.5 Å². The highest BCUT2D eigenvalue weighted by atomic mass is 16.5. The Balaban J connectivity index is 2.53. The van der Waals surface area contributed by atoms with Gasteiger partial charge in [-0.1, -0.05) is 12.2 Å². The van der Waals surface area contributed by atoms with Crippen LogP contribution in [0.15, 0.2) is 43.5 Å². The van der Waals surface area contributed by atoms with Crippen LogP contribution in [0.4, 0.5) is 0 Å². The van der Waals surface area contributed by atoms with Crippen molar-refractivity contribution in [3.63, 3.8) is 0 Å². The molecule has 0 aromatic heterocycles. The van der Waals surface area contributed by atoms with E-state index in [1.165, 1.54) is 0 Å². The van der Waals surface area contributed by atoms with E-state index < -0.39 is 0 Å². The van der Waals surface area contributed by atoms with E-state index in [4.69, 9.17) is 24.7 Å². The Labute approximate surface area is 167 Å². The molecule has 0 spiro atoms. The van der Waals surface area contributed by atoms with Crippen molar-refractivity contribution in [1.82, 2.24) is 5.32 Å². The molecule has 0 saturated heterocycles. The largest absolute Gasteiger partial charge is 0.493 e. The third kappa shape index (κ3) is 10.7. The first-order valence-corrected chi connectivity index (χ1v) is 9.47. The summed E-state index contributed by atoms with van der Waals surface area (Å²) in [5.74, 6) is 0.943. The summed E-state index contributed by atoms with van der Waals surface area (Å²) in [6.45, 7) is 11.1. The number of ether oxygens (including phenoxy) is 4. The average Bonchev–Trinajstić information content (AvgIpc) is 2.70. The quantitative estimate of drug-likeness (QED) is 0.312. The second-order valence-corrected chi connectivity index (χ2v) is 5.81. The summed E-state index contributed by atoms with van der Waals surface area (Å²) in [6.07, 6.45) is 4.99. The maximum Gasteiger partial charge on any atom is 0.251 e. The molecule has 0 atom stereocenters. The number of hydrogen-bond donors (Lipinski definition) is 2. The van der Waals surface area contributed by atoms with Gasteiger partial charge in [0.05, 0.1) is 39.6 Å². The molecule has 0 unspecified atom stereocenters. The van der Waals surface area contributed by atoms with Crippen molar-refractivity contribution in [2.75, 3.05) is 52.7 Å². The van der Waals surface area contributed by atoms with Crippen molar-refractivity contribution >= 4 is 5.91 Å². The Hall–Kier alpha value is -2.35. The number of benzene rings is 1. The average molecular weight is 392 g/mol. The van der Waals surface area contributed by atoms with Gasteiger partial charge >= 0.3 is 0 Å². The molecule has 0 aliphatic heterocycles. The Bertz CT molecular complexity index is 560. The molecule has 1 amide bonds. The monoisotopic (exact) mass is 392 g/mol. The predicted molar refractivity (Wildman–Crippen MR) is 110 cm³/mol. The molecule has 3 N–H and O–H groups in total. The second-order valence-electron chi connectivity index (χ2n) is 5.81. The number of nitrogens with two attached hydrogens (primary N) is 1. The van der Waals surface area contributed by atoms with Gasteiger partial charge in [0, 0.05) is 24.7 Å². The molecule has 0 fully saturated rings. The van der Waals surface area contributed by atoms with E-state index in [0.29, 0.717) is 69.8 Å². The maximum absolute atomic E-state index is 12.4. The van der Waals surface area contributed by atoms with Crippen LogP contribution in [0, 0.1) is 0 Å². The third-order valence-electron chi connectivity index (χ3n) is 3.49. The molecule has 1 aromatic rings. The summed E-state index contributed by atoms with van der Waals surface area (Å²) < 4.78 is 22.0. The molecule has 7 heteroatoms. The molecule has 1 rings (SSSR count). The van der Waals surface area contributed by atoms with Crippen LogP contribution >= 0.6 is 0 Å². The minimum absolute atomic E-state index is 0.217.